The Labute approximate surface area is 109 Å². The van der Waals surface area contributed by atoms with E-state index < -0.39 is 0 Å². The topological polar surface area (TPSA) is 38.3 Å². The van der Waals surface area contributed by atoms with Crippen LogP contribution in [0.25, 0.3) is 0 Å². The molecule has 1 aromatic carbocycles. The maximum absolute atomic E-state index is 11.7. The number of carbonyl (C=O) groups excluding carboxylic acids is 1. The highest BCUT2D eigenvalue weighted by Gasteiger charge is 2.22. The third-order valence-corrected chi connectivity index (χ3v) is 3.51. The van der Waals surface area contributed by atoms with Crippen LogP contribution in [0.4, 0.5) is 0 Å². The van der Waals surface area contributed by atoms with E-state index in [2.05, 4.69) is 37.4 Å². The lowest BCUT2D eigenvalue weighted by Gasteiger charge is -2.10. The van der Waals surface area contributed by atoms with Crippen LogP contribution in [0.1, 0.15) is 29.5 Å². The van der Waals surface area contributed by atoms with Gasteiger partial charge in [-0.3, -0.25) is 4.79 Å². The van der Waals surface area contributed by atoms with Crippen molar-refractivity contribution in [2.45, 2.75) is 39.2 Å². The minimum atomic E-state index is -0.218. The Bertz CT molecular complexity index is 423. The summed E-state index contributed by atoms with van der Waals surface area (Å²) in [6, 6.07) is 6.45. The van der Waals surface area contributed by atoms with Gasteiger partial charge in [0.25, 0.3) is 0 Å². The van der Waals surface area contributed by atoms with Gasteiger partial charge >= 0.3 is 0 Å². The summed E-state index contributed by atoms with van der Waals surface area (Å²) in [6.07, 6.45) is 2.51. The Kier molecular flexibility index (Phi) is 4.37. The molecular formula is C15H21NO2. The van der Waals surface area contributed by atoms with Crippen molar-refractivity contribution in [3.8, 4) is 0 Å². The summed E-state index contributed by atoms with van der Waals surface area (Å²) in [5.74, 6) is 0.0383. The Hall–Kier alpha value is -1.35. The number of ether oxygens (including phenoxy) is 1. The number of hydrogen-bond acceptors (Lipinski definition) is 2. The molecule has 1 saturated heterocycles. The van der Waals surface area contributed by atoms with Crippen LogP contribution < -0.4 is 5.32 Å². The fourth-order valence-electron chi connectivity index (χ4n) is 2.19. The average molecular weight is 247 g/mol. The summed E-state index contributed by atoms with van der Waals surface area (Å²) < 4.78 is 5.34. The van der Waals surface area contributed by atoms with Crippen molar-refractivity contribution in [1.29, 1.82) is 0 Å². The first kappa shape index (κ1) is 13.1. The van der Waals surface area contributed by atoms with Gasteiger partial charge in [-0.2, -0.15) is 0 Å². The van der Waals surface area contributed by atoms with Crippen LogP contribution in [0.3, 0.4) is 0 Å². The molecule has 1 heterocycles. The van der Waals surface area contributed by atoms with Gasteiger partial charge in [0.1, 0.15) is 6.10 Å². The monoisotopic (exact) mass is 247 g/mol. The Morgan fingerprint density at radius 3 is 2.89 bits per heavy atom. The van der Waals surface area contributed by atoms with E-state index in [1.54, 1.807) is 0 Å². The molecule has 1 amide bonds. The average Bonchev–Trinajstić information content (AvgIpc) is 2.87. The van der Waals surface area contributed by atoms with Crippen molar-refractivity contribution in [1.82, 2.24) is 5.32 Å². The van der Waals surface area contributed by atoms with Crippen molar-refractivity contribution in [3.63, 3.8) is 0 Å². The third kappa shape index (κ3) is 3.33. The highest BCUT2D eigenvalue weighted by atomic mass is 16.5. The molecule has 0 aromatic heterocycles. The number of benzene rings is 1. The summed E-state index contributed by atoms with van der Waals surface area (Å²) in [4.78, 5) is 11.7. The first-order valence-electron chi connectivity index (χ1n) is 6.62. The molecule has 1 atom stereocenters. The molecule has 3 nitrogen and oxygen atoms in total. The molecule has 1 aliphatic heterocycles. The van der Waals surface area contributed by atoms with Crippen molar-refractivity contribution in [3.05, 3.63) is 34.9 Å². The standard InChI is InChI=1S/C15H21NO2/c1-11-5-6-13(10-12(11)2)7-8-16-15(17)14-4-3-9-18-14/h5-6,10,14H,3-4,7-9H2,1-2H3,(H,16,17). The first-order valence-corrected chi connectivity index (χ1v) is 6.62. The van der Waals surface area contributed by atoms with Crippen LogP contribution in [-0.2, 0) is 16.0 Å². The van der Waals surface area contributed by atoms with E-state index in [9.17, 15) is 4.79 Å². The first-order chi connectivity index (χ1) is 8.66. The van der Waals surface area contributed by atoms with Gasteiger partial charge in [-0.1, -0.05) is 18.2 Å². The van der Waals surface area contributed by atoms with Gasteiger partial charge in [-0.15, -0.1) is 0 Å². The van der Waals surface area contributed by atoms with E-state index >= 15 is 0 Å². The van der Waals surface area contributed by atoms with E-state index in [0.29, 0.717) is 6.54 Å². The van der Waals surface area contributed by atoms with E-state index in [-0.39, 0.29) is 12.0 Å². The normalized spacial score (nSPS) is 18.9. The van der Waals surface area contributed by atoms with Crippen LogP contribution in [0.15, 0.2) is 18.2 Å². The molecule has 1 N–H and O–H groups in total. The molecule has 0 aliphatic carbocycles. The number of amides is 1. The van der Waals surface area contributed by atoms with Crippen LogP contribution in [-0.4, -0.2) is 25.2 Å². The molecule has 1 unspecified atom stereocenters. The molecule has 1 fully saturated rings. The Morgan fingerprint density at radius 1 is 1.39 bits per heavy atom. The molecular weight excluding hydrogens is 226 g/mol. The van der Waals surface area contributed by atoms with Gasteiger partial charge in [0.05, 0.1) is 0 Å². The second-order valence-electron chi connectivity index (χ2n) is 4.96. The van der Waals surface area contributed by atoms with Crippen molar-refractivity contribution >= 4 is 5.91 Å². The second-order valence-corrected chi connectivity index (χ2v) is 4.96. The molecule has 0 saturated carbocycles. The van der Waals surface area contributed by atoms with Crippen molar-refractivity contribution in [2.75, 3.05) is 13.2 Å². The fourth-order valence-corrected chi connectivity index (χ4v) is 2.19. The summed E-state index contributed by atoms with van der Waals surface area (Å²) in [7, 11) is 0. The molecule has 3 heteroatoms. The van der Waals surface area contributed by atoms with Gasteiger partial charge in [0, 0.05) is 13.2 Å². The number of hydrogen-bond donors (Lipinski definition) is 1. The molecule has 0 bridgehead atoms. The molecule has 0 spiro atoms. The predicted molar refractivity (Wildman–Crippen MR) is 71.6 cm³/mol. The minimum Gasteiger partial charge on any atom is -0.368 e. The molecule has 1 aromatic rings. The zero-order valence-electron chi connectivity index (χ0n) is 11.2. The smallest absolute Gasteiger partial charge is 0.249 e. The van der Waals surface area contributed by atoms with Gasteiger partial charge in [0.2, 0.25) is 5.91 Å². The second kappa shape index (κ2) is 6.01. The number of carbonyl (C=O) groups is 1. The van der Waals surface area contributed by atoms with E-state index in [4.69, 9.17) is 4.74 Å². The van der Waals surface area contributed by atoms with Gasteiger partial charge in [-0.05, 0) is 49.8 Å². The number of rotatable bonds is 4. The van der Waals surface area contributed by atoms with Gasteiger partial charge in [0.15, 0.2) is 0 Å². The van der Waals surface area contributed by atoms with Crippen LogP contribution >= 0.6 is 0 Å². The van der Waals surface area contributed by atoms with Crippen LogP contribution in [0, 0.1) is 13.8 Å². The summed E-state index contributed by atoms with van der Waals surface area (Å²) >= 11 is 0. The zero-order chi connectivity index (χ0) is 13.0. The van der Waals surface area contributed by atoms with Crippen molar-refractivity contribution < 1.29 is 9.53 Å². The van der Waals surface area contributed by atoms with E-state index in [1.807, 2.05) is 0 Å². The predicted octanol–water partition coefficient (Wildman–Crippen LogP) is 2.14. The maximum Gasteiger partial charge on any atom is 0.249 e. The largest absolute Gasteiger partial charge is 0.368 e. The summed E-state index contributed by atoms with van der Waals surface area (Å²) in [5, 5.41) is 2.94. The summed E-state index contributed by atoms with van der Waals surface area (Å²) in [5.41, 5.74) is 3.88. The van der Waals surface area contributed by atoms with E-state index in [0.717, 1.165) is 25.9 Å². The lowest BCUT2D eigenvalue weighted by Crippen LogP contribution is -2.35. The fraction of sp³-hybridized carbons (Fsp3) is 0.533. The molecule has 98 valence electrons. The Balaban J connectivity index is 1.77. The highest BCUT2D eigenvalue weighted by Crippen LogP contribution is 2.12. The highest BCUT2D eigenvalue weighted by molar-refractivity contribution is 5.80. The number of nitrogens with one attached hydrogen (secondary N) is 1. The SMILES string of the molecule is Cc1ccc(CCNC(=O)C2CCCO2)cc1C. The van der Waals surface area contributed by atoms with Crippen LogP contribution in [0.5, 0.6) is 0 Å². The molecule has 2 rings (SSSR count). The molecule has 0 radical (unpaired) electrons. The third-order valence-electron chi connectivity index (χ3n) is 3.51. The molecule has 1 aliphatic rings. The zero-order valence-corrected chi connectivity index (χ0v) is 11.2. The summed E-state index contributed by atoms with van der Waals surface area (Å²) in [6.45, 7) is 5.62. The quantitative estimate of drug-likeness (QED) is 0.885. The van der Waals surface area contributed by atoms with Crippen LogP contribution in [0.2, 0.25) is 0 Å². The Morgan fingerprint density at radius 2 is 2.22 bits per heavy atom. The van der Waals surface area contributed by atoms with Crippen molar-refractivity contribution in [2.24, 2.45) is 0 Å². The van der Waals surface area contributed by atoms with Gasteiger partial charge < -0.3 is 10.1 Å². The lowest BCUT2D eigenvalue weighted by molar-refractivity contribution is -0.129. The van der Waals surface area contributed by atoms with E-state index in [1.165, 1.54) is 16.7 Å². The molecule has 18 heavy (non-hydrogen) atoms. The minimum absolute atomic E-state index is 0.0383. The lowest BCUT2D eigenvalue weighted by atomic mass is 10.0. The number of aryl methyl sites for hydroxylation is 2. The maximum atomic E-state index is 11.7. The van der Waals surface area contributed by atoms with Gasteiger partial charge in [-0.25, -0.2) is 0 Å².